The first-order valence-corrected chi connectivity index (χ1v) is 8.55. The zero-order valence-electron chi connectivity index (χ0n) is 13.4. The summed E-state index contributed by atoms with van der Waals surface area (Å²) in [6.45, 7) is 2.70. The smallest absolute Gasteiger partial charge is 0.357 e. The van der Waals surface area contributed by atoms with E-state index in [0.717, 1.165) is 24.0 Å². The van der Waals surface area contributed by atoms with E-state index in [0.29, 0.717) is 12.5 Å². The zero-order valence-corrected chi connectivity index (χ0v) is 14.2. The van der Waals surface area contributed by atoms with Crippen LogP contribution in [0.15, 0.2) is 11.6 Å². The van der Waals surface area contributed by atoms with Gasteiger partial charge in [0.25, 0.3) is 0 Å². The molecule has 0 bridgehead atoms. The molecule has 10 nitrogen and oxygen atoms in total. The second-order valence-electron chi connectivity index (χ2n) is 5.34. The van der Waals surface area contributed by atoms with Gasteiger partial charge in [-0.05, 0) is 19.8 Å². The van der Waals surface area contributed by atoms with Crippen LogP contribution in [-0.2, 0) is 4.74 Å². The zero-order chi connectivity index (χ0) is 18.0. The van der Waals surface area contributed by atoms with Crippen LogP contribution in [0.1, 0.15) is 41.3 Å². The Balaban J connectivity index is 1.85. The van der Waals surface area contributed by atoms with E-state index in [-0.39, 0.29) is 29.8 Å². The lowest BCUT2D eigenvalue weighted by atomic mass is 10.2. The highest BCUT2D eigenvalue weighted by Gasteiger charge is 2.32. The van der Waals surface area contributed by atoms with Crippen molar-refractivity contribution in [2.75, 3.05) is 23.8 Å². The molecular weight excluding hydrogens is 348 g/mol. The van der Waals surface area contributed by atoms with E-state index in [1.807, 2.05) is 4.90 Å². The van der Waals surface area contributed by atoms with Crippen molar-refractivity contribution < 1.29 is 14.5 Å². The Morgan fingerprint density at radius 2 is 2.36 bits per heavy atom. The highest BCUT2D eigenvalue weighted by molar-refractivity contribution is 7.10. The van der Waals surface area contributed by atoms with Crippen molar-refractivity contribution in [3.8, 4) is 0 Å². The van der Waals surface area contributed by atoms with E-state index in [9.17, 15) is 14.9 Å². The standard InChI is InChI=1S/C14H16N6O4S/c1-2-24-13(21)8-7-25-12(17-8)9-4-3-5-19(9)14-16-6-10(20(22)23)11(15)18-14/h6-7,9H,2-5H2,1H3,(H2,15,16,18)/t9-/m0/s1. The second-order valence-corrected chi connectivity index (χ2v) is 6.23. The summed E-state index contributed by atoms with van der Waals surface area (Å²) >= 11 is 1.36. The van der Waals surface area contributed by atoms with Gasteiger partial charge >= 0.3 is 11.7 Å². The monoisotopic (exact) mass is 364 g/mol. The lowest BCUT2D eigenvalue weighted by Gasteiger charge is -2.22. The van der Waals surface area contributed by atoms with Crippen molar-refractivity contribution in [3.63, 3.8) is 0 Å². The number of nitro groups is 1. The summed E-state index contributed by atoms with van der Waals surface area (Å²) in [4.78, 5) is 36.4. The fraction of sp³-hybridized carbons (Fsp3) is 0.429. The number of ether oxygens (including phenoxy) is 1. The normalized spacial score (nSPS) is 16.8. The molecule has 2 aromatic rings. The fourth-order valence-corrected chi connectivity index (χ4v) is 3.59. The van der Waals surface area contributed by atoms with Gasteiger partial charge < -0.3 is 15.4 Å². The van der Waals surface area contributed by atoms with Crippen LogP contribution in [0.25, 0.3) is 0 Å². The Morgan fingerprint density at radius 3 is 3.04 bits per heavy atom. The summed E-state index contributed by atoms with van der Waals surface area (Å²) < 4.78 is 4.95. The van der Waals surface area contributed by atoms with Crippen molar-refractivity contribution in [2.45, 2.75) is 25.8 Å². The number of nitrogens with zero attached hydrogens (tertiary/aromatic N) is 5. The van der Waals surface area contributed by atoms with Crippen molar-refractivity contribution in [1.29, 1.82) is 0 Å². The first-order chi connectivity index (χ1) is 12.0. The van der Waals surface area contributed by atoms with Gasteiger partial charge in [-0.3, -0.25) is 10.1 Å². The molecule has 25 heavy (non-hydrogen) atoms. The molecule has 0 unspecified atom stereocenters. The number of carbonyl (C=O) groups is 1. The molecule has 2 N–H and O–H groups in total. The van der Waals surface area contributed by atoms with E-state index in [1.54, 1.807) is 12.3 Å². The molecule has 3 heterocycles. The highest BCUT2D eigenvalue weighted by Crippen LogP contribution is 2.36. The first-order valence-electron chi connectivity index (χ1n) is 7.67. The van der Waals surface area contributed by atoms with E-state index in [1.165, 1.54) is 11.3 Å². The number of nitrogens with two attached hydrogens (primary N) is 1. The minimum absolute atomic E-state index is 0.103. The molecule has 1 aliphatic rings. The van der Waals surface area contributed by atoms with Crippen molar-refractivity contribution >= 4 is 34.8 Å². The molecule has 0 radical (unpaired) electrons. The molecule has 1 atom stereocenters. The average molecular weight is 364 g/mol. The maximum absolute atomic E-state index is 11.8. The summed E-state index contributed by atoms with van der Waals surface area (Å²) in [6, 6.07) is -0.103. The largest absolute Gasteiger partial charge is 0.461 e. The molecule has 0 spiro atoms. The number of hydrogen-bond donors (Lipinski definition) is 1. The summed E-state index contributed by atoms with van der Waals surface area (Å²) in [5, 5.41) is 13.3. The van der Waals surface area contributed by atoms with E-state index in [4.69, 9.17) is 10.5 Å². The van der Waals surface area contributed by atoms with Crippen LogP contribution >= 0.6 is 11.3 Å². The van der Waals surface area contributed by atoms with Gasteiger partial charge in [-0.2, -0.15) is 4.98 Å². The summed E-state index contributed by atoms with van der Waals surface area (Å²) in [5.74, 6) is -0.309. The third-order valence-electron chi connectivity index (χ3n) is 3.78. The molecule has 1 fully saturated rings. The SMILES string of the molecule is CCOC(=O)c1csc([C@@H]2CCCN2c2ncc([N+](=O)[O-])c(N)n2)n1. The molecular formula is C14H16N6O4S. The number of esters is 1. The molecule has 0 aliphatic carbocycles. The van der Waals surface area contributed by atoms with Gasteiger partial charge in [0, 0.05) is 11.9 Å². The van der Waals surface area contributed by atoms with Crippen LogP contribution in [-0.4, -0.2) is 39.0 Å². The number of carbonyl (C=O) groups excluding carboxylic acids is 1. The van der Waals surface area contributed by atoms with Crippen LogP contribution in [0.2, 0.25) is 0 Å². The predicted molar refractivity (Wildman–Crippen MR) is 90.5 cm³/mol. The quantitative estimate of drug-likeness (QED) is 0.479. The van der Waals surface area contributed by atoms with Crippen LogP contribution in [0.3, 0.4) is 0 Å². The maximum atomic E-state index is 11.8. The Morgan fingerprint density at radius 1 is 1.56 bits per heavy atom. The number of thiazole rings is 1. The fourth-order valence-electron chi connectivity index (χ4n) is 2.66. The Bertz CT molecular complexity index is 810. The molecule has 0 saturated carbocycles. The van der Waals surface area contributed by atoms with Crippen LogP contribution in [0.4, 0.5) is 17.5 Å². The molecule has 0 aromatic carbocycles. The van der Waals surface area contributed by atoms with Gasteiger partial charge in [0.2, 0.25) is 11.8 Å². The molecule has 3 rings (SSSR count). The average Bonchev–Trinajstić information content (AvgIpc) is 3.23. The van der Waals surface area contributed by atoms with Crippen LogP contribution in [0.5, 0.6) is 0 Å². The predicted octanol–water partition coefficient (Wildman–Crippen LogP) is 1.94. The third-order valence-corrected chi connectivity index (χ3v) is 4.73. The van der Waals surface area contributed by atoms with Gasteiger partial charge in [-0.15, -0.1) is 11.3 Å². The summed E-state index contributed by atoms with van der Waals surface area (Å²) in [6.07, 6.45) is 2.81. The van der Waals surface area contributed by atoms with Crippen LogP contribution < -0.4 is 10.6 Å². The van der Waals surface area contributed by atoms with Crippen molar-refractivity contribution in [2.24, 2.45) is 0 Å². The third kappa shape index (κ3) is 3.36. The van der Waals surface area contributed by atoms with Gasteiger partial charge in [0.1, 0.15) is 11.2 Å². The van der Waals surface area contributed by atoms with E-state index in [2.05, 4.69) is 15.0 Å². The molecule has 1 saturated heterocycles. The van der Waals surface area contributed by atoms with Crippen molar-refractivity contribution in [1.82, 2.24) is 15.0 Å². The van der Waals surface area contributed by atoms with Gasteiger partial charge in [-0.25, -0.2) is 14.8 Å². The molecule has 1 aliphatic heterocycles. The molecule has 11 heteroatoms. The Hall–Kier alpha value is -2.82. The minimum Gasteiger partial charge on any atom is -0.461 e. The highest BCUT2D eigenvalue weighted by atomic mass is 32.1. The number of aromatic nitrogens is 3. The van der Waals surface area contributed by atoms with Gasteiger partial charge in [-0.1, -0.05) is 0 Å². The van der Waals surface area contributed by atoms with Crippen molar-refractivity contribution in [3.05, 3.63) is 32.4 Å². The topological polar surface area (TPSA) is 137 Å². The number of nitrogen functional groups attached to an aromatic ring is 1. The number of anilines is 2. The molecule has 132 valence electrons. The molecule has 0 amide bonds. The van der Waals surface area contributed by atoms with E-state index >= 15 is 0 Å². The number of hydrogen-bond acceptors (Lipinski definition) is 10. The Kier molecular flexibility index (Phi) is 4.74. The van der Waals surface area contributed by atoms with Gasteiger partial charge in [0.05, 0.1) is 17.6 Å². The van der Waals surface area contributed by atoms with Crippen LogP contribution in [0, 0.1) is 10.1 Å². The number of rotatable bonds is 5. The summed E-state index contributed by atoms with van der Waals surface area (Å²) in [5.41, 5.74) is 5.61. The second kappa shape index (κ2) is 6.97. The maximum Gasteiger partial charge on any atom is 0.357 e. The lowest BCUT2D eigenvalue weighted by Crippen LogP contribution is -2.25. The lowest BCUT2D eigenvalue weighted by molar-refractivity contribution is -0.384. The first kappa shape index (κ1) is 17.0. The summed E-state index contributed by atoms with van der Waals surface area (Å²) in [7, 11) is 0. The van der Waals surface area contributed by atoms with E-state index < -0.39 is 10.9 Å². The minimum atomic E-state index is -0.618. The molecule has 2 aromatic heterocycles. The van der Waals surface area contributed by atoms with Gasteiger partial charge in [0.15, 0.2) is 5.69 Å². The Labute approximate surface area is 146 Å².